The van der Waals surface area contributed by atoms with Crippen LogP contribution in [0.5, 0.6) is 5.75 Å². The van der Waals surface area contributed by atoms with Crippen LogP contribution < -0.4 is 21.3 Å². The first-order chi connectivity index (χ1) is 9.67. The van der Waals surface area contributed by atoms with Crippen molar-refractivity contribution in [2.75, 3.05) is 17.9 Å². The number of hydrogen-bond donors (Lipinski definition) is 3. The van der Waals surface area contributed by atoms with E-state index in [9.17, 15) is 0 Å². The van der Waals surface area contributed by atoms with Crippen LogP contribution in [0.1, 0.15) is 24.8 Å². The predicted octanol–water partition coefficient (Wildman–Crippen LogP) is 2.64. The molecule has 0 aromatic carbocycles. The summed E-state index contributed by atoms with van der Waals surface area (Å²) in [5.41, 5.74) is 2.51. The third-order valence-electron chi connectivity index (χ3n) is 2.95. The molecule has 2 aromatic rings. The zero-order chi connectivity index (χ0) is 14.5. The molecular weight excluding hydrogens is 274 g/mol. The van der Waals surface area contributed by atoms with Crippen LogP contribution in [0, 0.1) is 5.92 Å². The molecule has 0 fully saturated rings. The van der Waals surface area contributed by atoms with E-state index in [1.54, 1.807) is 18.4 Å². The topological polar surface area (TPSA) is 85.1 Å². The summed E-state index contributed by atoms with van der Waals surface area (Å²) in [6.07, 6.45) is 1.45. The van der Waals surface area contributed by atoms with Gasteiger partial charge in [-0.1, -0.05) is 19.9 Å². The standard InChI is InChI=1S/C13H19N5OS/c1-8(2)10(9-5-4-6-20-9)17-12-11(19-3)13(18-14)16-7-15-12/h4-8,10H,14H2,1-3H3,(H2,15,16,17,18). The summed E-state index contributed by atoms with van der Waals surface area (Å²) in [5.74, 6) is 7.44. The summed E-state index contributed by atoms with van der Waals surface area (Å²) in [4.78, 5) is 9.54. The maximum atomic E-state index is 5.43. The monoisotopic (exact) mass is 293 g/mol. The van der Waals surface area contributed by atoms with Gasteiger partial charge in [0.05, 0.1) is 13.2 Å². The molecule has 1 atom stereocenters. The zero-order valence-corrected chi connectivity index (χ0v) is 12.6. The molecule has 0 aliphatic rings. The molecule has 0 amide bonds. The fourth-order valence-corrected chi connectivity index (χ4v) is 2.90. The van der Waals surface area contributed by atoms with Crippen LogP contribution in [0.3, 0.4) is 0 Å². The number of ether oxygens (including phenoxy) is 1. The maximum absolute atomic E-state index is 5.43. The molecule has 0 radical (unpaired) electrons. The molecule has 0 aliphatic heterocycles. The average molecular weight is 293 g/mol. The second-order valence-corrected chi connectivity index (χ2v) is 5.61. The first kappa shape index (κ1) is 14.5. The minimum absolute atomic E-state index is 0.157. The van der Waals surface area contributed by atoms with Crippen molar-refractivity contribution in [2.24, 2.45) is 11.8 Å². The van der Waals surface area contributed by atoms with Gasteiger partial charge in [-0.15, -0.1) is 11.3 Å². The van der Waals surface area contributed by atoms with Gasteiger partial charge in [0.25, 0.3) is 0 Å². The van der Waals surface area contributed by atoms with E-state index in [1.807, 2.05) is 6.07 Å². The number of hydrogen-bond acceptors (Lipinski definition) is 7. The van der Waals surface area contributed by atoms with E-state index in [0.29, 0.717) is 23.3 Å². The minimum atomic E-state index is 0.157. The highest BCUT2D eigenvalue weighted by Crippen LogP contribution is 2.34. The molecule has 0 saturated carbocycles. The van der Waals surface area contributed by atoms with Crippen molar-refractivity contribution >= 4 is 23.0 Å². The Bertz CT molecular complexity index is 544. The number of nitrogen functional groups attached to an aromatic ring is 1. The number of anilines is 2. The molecule has 108 valence electrons. The van der Waals surface area contributed by atoms with Crippen molar-refractivity contribution in [3.63, 3.8) is 0 Å². The second-order valence-electron chi connectivity index (χ2n) is 4.63. The fraction of sp³-hybridized carbons (Fsp3) is 0.385. The quantitative estimate of drug-likeness (QED) is 0.561. The smallest absolute Gasteiger partial charge is 0.205 e. The number of nitrogens with zero attached hydrogens (tertiary/aromatic N) is 2. The summed E-state index contributed by atoms with van der Waals surface area (Å²) in [6.45, 7) is 4.32. The molecule has 0 spiro atoms. The Labute approximate surface area is 122 Å². The van der Waals surface area contributed by atoms with Gasteiger partial charge in [-0.25, -0.2) is 15.8 Å². The van der Waals surface area contributed by atoms with Gasteiger partial charge in [-0.05, 0) is 17.4 Å². The van der Waals surface area contributed by atoms with Gasteiger partial charge in [0.1, 0.15) is 6.33 Å². The SMILES string of the molecule is COc1c(NN)ncnc1NC(c1cccs1)C(C)C. The molecule has 1 unspecified atom stereocenters. The Balaban J connectivity index is 2.32. The summed E-state index contributed by atoms with van der Waals surface area (Å²) in [7, 11) is 1.57. The van der Waals surface area contributed by atoms with E-state index >= 15 is 0 Å². The number of methoxy groups -OCH3 is 1. The van der Waals surface area contributed by atoms with E-state index in [-0.39, 0.29) is 6.04 Å². The first-order valence-corrected chi connectivity index (χ1v) is 7.20. The lowest BCUT2D eigenvalue weighted by Gasteiger charge is -2.23. The second kappa shape index (κ2) is 6.53. The van der Waals surface area contributed by atoms with Gasteiger partial charge in [0, 0.05) is 4.88 Å². The maximum Gasteiger partial charge on any atom is 0.205 e. The van der Waals surface area contributed by atoms with Crippen LogP contribution in [-0.4, -0.2) is 17.1 Å². The van der Waals surface area contributed by atoms with Crippen molar-refractivity contribution in [3.8, 4) is 5.75 Å². The Morgan fingerprint density at radius 3 is 2.60 bits per heavy atom. The molecule has 7 heteroatoms. The highest BCUT2D eigenvalue weighted by molar-refractivity contribution is 7.10. The van der Waals surface area contributed by atoms with E-state index in [4.69, 9.17) is 10.6 Å². The average Bonchev–Trinajstić information content (AvgIpc) is 2.97. The Hall–Kier alpha value is -1.86. The summed E-state index contributed by atoms with van der Waals surface area (Å²) < 4.78 is 5.34. The molecule has 0 saturated heterocycles. The van der Waals surface area contributed by atoms with Crippen molar-refractivity contribution in [2.45, 2.75) is 19.9 Å². The van der Waals surface area contributed by atoms with Crippen molar-refractivity contribution < 1.29 is 4.74 Å². The van der Waals surface area contributed by atoms with Gasteiger partial charge in [0.2, 0.25) is 5.75 Å². The predicted molar refractivity (Wildman–Crippen MR) is 81.9 cm³/mol. The summed E-state index contributed by atoms with van der Waals surface area (Å²) >= 11 is 1.71. The van der Waals surface area contributed by atoms with Crippen LogP contribution in [0.15, 0.2) is 23.8 Å². The molecule has 6 nitrogen and oxygen atoms in total. The van der Waals surface area contributed by atoms with E-state index in [1.165, 1.54) is 11.2 Å². The van der Waals surface area contributed by atoms with Gasteiger partial charge >= 0.3 is 0 Å². The van der Waals surface area contributed by atoms with Gasteiger partial charge in [-0.2, -0.15) is 0 Å². The lowest BCUT2D eigenvalue weighted by atomic mass is 10.0. The highest BCUT2D eigenvalue weighted by atomic mass is 32.1. The normalized spacial score (nSPS) is 12.2. The summed E-state index contributed by atoms with van der Waals surface area (Å²) in [6, 6.07) is 4.31. The third kappa shape index (κ3) is 3.00. The third-order valence-corrected chi connectivity index (χ3v) is 3.91. The molecule has 2 rings (SSSR count). The number of thiophene rings is 1. The number of rotatable bonds is 6. The zero-order valence-electron chi connectivity index (χ0n) is 11.8. The van der Waals surface area contributed by atoms with Gasteiger partial charge < -0.3 is 15.5 Å². The number of nitrogens with one attached hydrogen (secondary N) is 2. The highest BCUT2D eigenvalue weighted by Gasteiger charge is 2.20. The van der Waals surface area contributed by atoms with E-state index in [0.717, 1.165) is 0 Å². The van der Waals surface area contributed by atoms with E-state index < -0.39 is 0 Å². The number of nitrogens with two attached hydrogens (primary N) is 1. The Morgan fingerprint density at radius 1 is 1.30 bits per heavy atom. The molecule has 2 heterocycles. The van der Waals surface area contributed by atoms with Crippen molar-refractivity contribution in [1.82, 2.24) is 9.97 Å². The Morgan fingerprint density at radius 2 is 2.05 bits per heavy atom. The minimum Gasteiger partial charge on any atom is -0.490 e. The first-order valence-electron chi connectivity index (χ1n) is 6.33. The molecule has 20 heavy (non-hydrogen) atoms. The van der Waals surface area contributed by atoms with Crippen molar-refractivity contribution in [3.05, 3.63) is 28.7 Å². The van der Waals surface area contributed by atoms with Crippen LogP contribution in [-0.2, 0) is 0 Å². The molecule has 0 aliphatic carbocycles. The Kier molecular flexibility index (Phi) is 4.75. The van der Waals surface area contributed by atoms with Crippen LogP contribution in [0.2, 0.25) is 0 Å². The number of hydrazine groups is 1. The lowest BCUT2D eigenvalue weighted by Crippen LogP contribution is -2.18. The van der Waals surface area contributed by atoms with Gasteiger partial charge in [-0.3, -0.25) is 0 Å². The lowest BCUT2D eigenvalue weighted by molar-refractivity contribution is 0.413. The van der Waals surface area contributed by atoms with Crippen LogP contribution in [0.25, 0.3) is 0 Å². The number of aromatic nitrogens is 2. The van der Waals surface area contributed by atoms with Gasteiger partial charge in [0.15, 0.2) is 11.6 Å². The molecule has 0 bridgehead atoms. The molecular formula is C13H19N5OS. The largest absolute Gasteiger partial charge is 0.490 e. The van der Waals surface area contributed by atoms with E-state index in [2.05, 4.69) is 46.0 Å². The summed E-state index contributed by atoms with van der Waals surface area (Å²) in [5, 5.41) is 5.48. The molecule has 2 aromatic heterocycles. The molecule has 4 N–H and O–H groups in total. The van der Waals surface area contributed by atoms with Crippen LogP contribution in [0.4, 0.5) is 11.6 Å². The van der Waals surface area contributed by atoms with Crippen molar-refractivity contribution in [1.29, 1.82) is 0 Å². The fourth-order valence-electron chi connectivity index (χ4n) is 1.95. The van der Waals surface area contributed by atoms with Crippen LogP contribution >= 0.6 is 11.3 Å².